The van der Waals surface area contributed by atoms with Gasteiger partial charge >= 0.3 is 5.97 Å². The van der Waals surface area contributed by atoms with Crippen LogP contribution in [0.2, 0.25) is 0 Å². The van der Waals surface area contributed by atoms with Crippen LogP contribution in [0.15, 0.2) is 0 Å². The van der Waals surface area contributed by atoms with Gasteiger partial charge in [-0.25, -0.2) is 0 Å². The molecule has 0 bridgehead atoms. The van der Waals surface area contributed by atoms with Gasteiger partial charge in [0.1, 0.15) is 0 Å². The Morgan fingerprint density at radius 3 is 1.41 bits per heavy atom. The van der Waals surface area contributed by atoms with Crippen LogP contribution in [-0.2, 0) is 9.53 Å². The van der Waals surface area contributed by atoms with Crippen LogP contribution in [0.5, 0.6) is 0 Å². The highest BCUT2D eigenvalue weighted by atomic mass is 16.5. The van der Waals surface area contributed by atoms with Gasteiger partial charge in [-0.2, -0.15) is 0 Å². The lowest BCUT2D eigenvalue weighted by Gasteiger charge is -2.17. The number of rotatable bonds is 23. The molecule has 2 heteroatoms. The Balaban J connectivity index is 3.85. The molecule has 174 valence electrons. The van der Waals surface area contributed by atoms with Gasteiger partial charge in [-0.15, -0.1) is 0 Å². The highest BCUT2D eigenvalue weighted by Crippen LogP contribution is 2.20. The van der Waals surface area contributed by atoms with Crippen molar-refractivity contribution in [3.63, 3.8) is 0 Å². The third-order valence-electron chi connectivity index (χ3n) is 6.15. The fourth-order valence-electron chi connectivity index (χ4n) is 4.07. The quantitative estimate of drug-likeness (QED) is 0.124. The molecule has 0 amide bonds. The molecule has 0 saturated carbocycles. The second kappa shape index (κ2) is 23.7. The van der Waals surface area contributed by atoms with Crippen LogP contribution in [0.3, 0.4) is 0 Å². The van der Waals surface area contributed by atoms with Crippen molar-refractivity contribution in [2.45, 2.75) is 156 Å². The summed E-state index contributed by atoms with van der Waals surface area (Å²) in [5, 5.41) is 0. The molecule has 0 fully saturated rings. The van der Waals surface area contributed by atoms with Gasteiger partial charge in [0, 0.05) is 6.42 Å². The van der Waals surface area contributed by atoms with E-state index in [1.807, 2.05) is 0 Å². The Hall–Kier alpha value is -0.530. The summed E-state index contributed by atoms with van der Waals surface area (Å²) in [4.78, 5) is 12.1. The summed E-state index contributed by atoms with van der Waals surface area (Å²) in [6.07, 6.45) is 26.6. The number of ether oxygens (including phenoxy) is 1. The molecule has 29 heavy (non-hydrogen) atoms. The number of hydrogen-bond acceptors (Lipinski definition) is 2. The minimum absolute atomic E-state index is 0.0393. The minimum atomic E-state index is 0.0393. The van der Waals surface area contributed by atoms with Crippen molar-refractivity contribution in [1.29, 1.82) is 0 Å². The molecule has 0 rings (SSSR count). The molecule has 0 aliphatic carbocycles. The first-order valence-corrected chi connectivity index (χ1v) is 13.4. The van der Waals surface area contributed by atoms with Crippen LogP contribution in [0, 0.1) is 5.92 Å². The summed E-state index contributed by atoms with van der Waals surface area (Å²) >= 11 is 0. The molecule has 0 heterocycles. The standard InChI is InChI=1S/C27H54O2/c1-4-7-10-13-15-16-18-21-24-27(28)29-25-26(22-19-12-9-6-3)23-20-17-14-11-8-5-2/h26H,4-25H2,1-3H3. The molecule has 0 aliphatic heterocycles. The summed E-state index contributed by atoms with van der Waals surface area (Å²) in [6.45, 7) is 7.46. The number of unbranched alkanes of at least 4 members (excludes halogenated alkanes) is 15. The van der Waals surface area contributed by atoms with Gasteiger partial charge in [0.05, 0.1) is 6.61 Å². The maximum Gasteiger partial charge on any atom is 0.305 e. The van der Waals surface area contributed by atoms with E-state index < -0.39 is 0 Å². The normalized spacial score (nSPS) is 12.2. The van der Waals surface area contributed by atoms with Gasteiger partial charge in [-0.05, 0) is 25.2 Å². The van der Waals surface area contributed by atoms with Crippen molar-refractivity contribution in [2.75, 3.05) is 6.61 Å². The van der Waals surface area contributed by atoms with Gasteiger partial charge in [-0.3, -0.25) is 4.79 Å². The third kappa shape index (κ3) is 22.0. The smallest absolute Gasteiger partial charge is 0.305 e. The van der Waals surface area contributed by atoms with Crippen molar-refractivity contribution < 1.29 is 9.53 Å². The van der Waals surface area contributed by atoms with Crippen molar-refractivity contribution >= 4 is 5.97 Å². The Labute approximate surface area is 184 Å². The number of carbonyl (C=O) groups excluding carboxylic acids is 1. The largest absolute Gasteiger partial charge is 0.465 e. The fraction of sp³-hybridized carbons (Fsp3) is 0.963. The molecular weight excluding hydrogens is 356 g/mol. The SMILES string of the molecule is CCCCCCCCCCC(=O)OCC(CCCCCC)CCCCCCCC. The summed E-state index contributed by atoms with van der Waals surface area (Å²) in [6, 6.07) is 0. The van der Waals surface area contributed by atoms with E-state index in [1.54, 1.807) is 0 Å². The van der Waals surface area contributed by atoms with E-state index in [4.69, 9.17) is 4.74 Å². The van der Waals surface area contributed by atoms with E-state index in [2.05, 4.69) is 20.8 Å². The van der Waals surface area contributed by atoms with Gasteiger partial charge in [0.25, 0.3) is 0 Å². The number of esters is 1. The summed E-state index contributed by atoms with van der Waals surface area (Å²) in [5.41, 5.74) is 0. The van der Waals surface area contributed by atoms with E-state index in [-0.39, 0.29) is 5.97 Å². The zero-order valence-corrected chi connectivity index (χ0v) is 20.5. The Morgan fingerprint density at radius 1 is 0.552 bits per heavy atom. The second-order valence-corrected chi connectivity index (χ2v) is 9.18. The lowest BCUT2D eigenvalue weighted by molar-refractivity contribution is -0.145. The Kier molecular flexibility index (Phi) is 23.3. The van der Waals surface area contributed by atoms with Crippen LogP contribution in [0.25, 0.3) is 0 Å². The van der Waals surface area contributed by atoms with E-state index in [1.165, 1.54) is 122 Å². The summed E-state index contributed by atoms with van der Waals surface area (Å²) in [5.74, 6) is 0.623. The Bertz CT molecular complexity index is 326. The maximum atomic E-state index is 12.1. The second-order valence-electron chi connectivity index (χ2n) is 9.18. The van der Waals surface area contributed by atoms with Crippen LogP contribution in [0.4, 0.5) is 0 Å². The maximum absolute atomic E-state index is 12.1. The molecule has 0 aromatic heterocycles. The fourth-order valence-corrected chi connectivity index (χ4v) is 4.07. The van der Waals surface area contributed by atoms with Gasteiger partial charge < -0.3 is 4.74 Å². The van der Waals surface area contributed by atoms with Crippen LogP contribution in [0.1, 0.15) is 156 Å². The third-order valence-corrected chi connectivity index (χ3v) is 6.15. The van der Waals surface area contributed by atoms with Crippen molar-refractivity contribution in [1.82, 2.24) is 0 Å². The van der Waals surface area contributed by atoms with E-state index in [0.29, 0.717) is 18.9 Å². The molecule has 0 radical (unpaired) electrons. The first-order chi connectivity index (χ1) is 14.2. The van der Waals surface area contributed by atoms with Crippen molar-refractivity contribution in [2.24, 2.45) is 5.92 Å². The van der Waals surface area contributed by atoms with Gasteiger partial charge in [-0.1, -0.05) is 130 Å². The zero-order valence-electron chi connectivity index (χ0n) is 20.5. The van der Waals surface area contributed by atoms with E-state index in [9.17, 15) is 4.79 Å². The predicted octanol–water partition coefficient (Wildman–Crippen LogP) is 9.40. The minimum Gasteiger partial charge on any atom is -0.465 e. The van der Waals surface area contributed by atoms with Gasteiger partial charge in [0.15, 0.2) is 0 Å². The van der Waals surface area contributed by atoms with E-state index in [0.717, 1.165) is 6.42 Å². The van der Waals surface area contributed by atoms with Crippen LogP contribution >= 0.6 is 0 Å². The number of hydrogen-bond donors (Lipinski definition) is 0. The average molecular weight is 411 g/mol. The summed E-state index contributed by atoms with van der Waals surface area (Å²) in [7, 11) is 0. The lowest BCUT2D eigenvalue weighted by atomic mass is 9.95. The molecule has 1 unspecified atom stereocenters. The molecule has 1 atom stereocenters. The molecule has 0 aromatic rings. The molecule has 0 spiro atoms. The zero-order chi connectivity index (χ0) is 21.4. The molecular formula is C27H54O2. The highest BCUT2D eigenvalue weighted by molar-refractivity contribution is 5.69. The lowest BCUT2D eigenvalue weighted by Crippen LogP contribution is -2.14. The molecule has 0 aliphatic rings. The summed E-state index contributed by atoms with van der Waals surface area (Å²) < 4.78 is 5.68. The molecule has 2 nitrogen and oxygen atoms in total. The predicted molar refractivity (Wildman–Crippen MR) is 128 cm³/mol. The first kappa shape index (κ1) is 28.5. The molecule has 0 saturated heterocycles. The van der Waals surface area contributed by atoms with Crippen LogP contribution < -0.4 is 0 Å². The molecule has 0 N–H and O–H groups in total. The van der Waals surface area contributed by atoms with Crippen molar-refractivity contribution in [3.05, 3.63) is 0 Å². The Morgan fingerprint density at radius 2 is 0.931 bits per heavy atom. The van der Waals surface area contributed by atoms with Crippen molar-refractivity contribution in [3.8, 4) is 0 Å². The highest BCUT2D eigenvalue weighted by Gasteiger charge is 2.12. The van der Waals surface area contributed by atoms with Crippen LogP contribution in [-0.4, -0.2) is 12.6 Å². The topological polar surface area (TPSA) is 26.3 Å². The molecule has 0 aromatic carbocycles. The average Bonchev–Trinajstić information content (AvgIpc) is 2.73. The number of carbonyl (C=O) groups is 1. The van der Waals surface area contributed by atoms with Gasteiger partial charge in [0.2, 0.25) is 0 Å². The van der Waals surface area contributed by atoms with E-state index >= 15 is 0 Å². The first-order valence-electron chi connectivity index (χ1n) is 13.4. The monoisotopic (exact) mass is 410 g/mol.